The Hall–Kier alpha value is -4.31. The predicted octanol–water partition coefficient (Wildman–Crippen LogP) is 4.74. The Balaban J connectivity index is 1.15. The molecule has 0 aromatic heterocycles. The van der Waals surface area contributed by atoms with Crippen molar-refractivity contribution in [2.45, 2.75) is 50.4 Å². The van der Waals surface area contributed by atoms with Crippen LogP contribution in [-0.2, 0) is 14.3 Å². The Bertz CT molecular complexity index is 1360. The van der Waals surface area contributed by atoms with Crippen LogP contribution < -0.4 is 14.8 Å². The smallest absolute Gasteiger partial charge is 0.311 e. The maximum Gasteiger partial charge on any atom is 0.311 e. The second-order valence-electron chi connectivity index (χ2n) is 10.3. The minimum Gasteiger partial charge on any atom is -0.491 e. The van der Waals surface area contributed by atoms with Gasteiger partial charge in [0, 0.05) is 36.1 Å². The van der Waals surface area contributed by atoms with Gasteiger partial charge in [0.05, 0.1) is 18.8 Å². The largest absolute Gasteiger partial charge is 0.491 e. The number of aliphatic hydroxyl groups is 2. The molecule has 9 nitrogen and oxygen atoms in total. The molecule has 43 heavy (non-hydrogen) atoms. The third-order valence-electron chi connectivity index (χ3n) is 6.93. The minimum atomic E-state index is -0.923. The number of allylic oxidation sites excluding steroid dienone is 2. The quantitative estimate of drug-likeness (QED) is 0.101. The number of Topliss-reactive ketones (excluding diaryl/α,β-unsaturated/α-hetero) is 1. The van der Waals surface area contributed by atoms with Crippen molar-refractivity contribution in [2.24, 2.45) is 5.92 Å². The van der Waals surface area contributed by atoms with Gasteiger partial charge in [-0.15, -0.1) is 0 Å². The van der Waals surface area contributed by atoms with Gasteiger partial charge in [-0.3, -0.25) is 14.4 Å². The molecule has 1 unspecified atom stereocenters. The number of para-hydroxylation sites is 1. The number of benzene rings is 3. The number of esters is 1. The molecule has 0 spiro atoms. The molecule has 3 aromatic rings. The Morgan fingerprint density at radius 2 is 1.65 bits per heavy atom. The predicted molar refractivity (Wildman–Crippen MR) is 161 cm³/mol. The van der Waals surface area contributed by atoms with Crippen LogP contribution >= 0.6 is 0 Å². The topological polar surface area (TPSA) is 131 Å². The molecule has 1 aliphatic rings. The lowest BCUT2D eigenvalue weighted by molar-refractivity contribution is -0.134. The molecule has 4 atom stereocenters. The number of ether oxygens (including phenoxy) is 3. The maximum atomic E-state index is 12.4. The van der Waals surface area contributed by atoms with E-state index in [-0.39, 0.29) is 37.7 Å². The molecular weight excluding hydrogens is 550 g/mol. The summed E-state index contributed by atoms with van der Waals surface area (Å²) in [7, 11) is 0. The van der Waals surface area contributed by atoms with Gasteiger partial charge in [0.2, 0.25) is 0 Å². The maximum absolute atomic E-state index is 12.4. The number of rotatable bonds is 15. The monoisotopic (exact) mass is 587 g/mol. The standard InChI is InChI=1S/C34H37NO8/c36-26(22-41-27-15-7-4-8-16-27)23-42-33-29(30(37)21-31(33)38)18-9-1-2-10-19-32(39)43-28-17-11-14-25(20-28)35-34(40)24-12-5-3-6-13-24/h1,3-9,11-17,20,26,29,31,33,36,38H,2,10,18-19,21-23H2,(H,35,40)/t26?,29-,31+,33+/m0/s1. The first-order valence-electron chi connectivity index (χ1n) is 14.4. The fourth-order valence-corrected chi connectivity index (χ4v) is 4.73. The number of amides is 1. The normalized spacial score (nSPS) is 18.8. The average Bonchev–Trinajstić information content (AvgIpc) is 3.29. The third-order valence-corrected chi connectivity index (χ3v) is 6.93. The summed E-state index contributed by atoms with van der Waals surface area (Å²) in [6, 6.07) is 24.6. The molecule has 0 aliphatic heterocycles. The van der Waals surface area contributed by atoms with Gasteiger partial charge in [-0.2, -0.15) is 0 Å². The lowest BCUT2D eigenvalue weighted by Gasteiger charge is -2.22. The van der Waals surface area contributed by atoms with Gasteiger partial charge in [-0.25, -0.2) is 0 Å². The van der Waals surface area contributed by atoms with Gasteiger partial charge in [0.15, 0.2) is 0 Å². The van der Waals surface area contributed by atoms with Crippen LogP contribution in [0.2, 0.25) is 0 Å². The first-order chi connectivity index (χ1) is 20.9. The van der Waals surface area contributed by atoms with Gasteiger partial charge in [0.1, 0.15) is 30.0 Å². The summed E-state index contributed by atoms with van der Waals surface area (Å²) >= 11 is 0. The fraction of sp³-hybridized carbons (Fsp3) is 0.324. The summed E-state index contributed by atoms with van der Waals surface area (Å²) in [6.45, 7) is -0.0312. The zero-order chi connectivity index (χ0) is 30.4. The number of unbranched alkanes of at least 4 members (excludes halogenated alkanes) is 1. The molecule has 1 aliphatic carbocycles. The molecule has 4 rings (SSSR count). The van der Waals surface area contributed by atoms with E-state index in [4.69, 9.17) is 14.2 Å². The molecule has 3 aromatic carbocycles. The number of nitrogens with one attached hydrogen (secondary N) is 1. The lowest BCUT2D eigenvalue weighted by Crippen LogP contribution is -2.34. The molecule has 1 fully saturated rings. The van der Waals surface area contributed by atoms with Crippen LogP contribution in [0.3, 0.4) is 0 Å². The highest BCUT2D eigenvalue weighted by molar-refractivity contribution is 6.04. The van der Waals surface area contributed by atoms with Crippen LogP contribution in [0.25, 0.3) is 0 Å². The lowest BCUT2D eigenvalue weighted by atomic mass is 9.99. The van der Waals surface area contributed by atoms with E-state index >= 15 is 0 Å². The first kappa shape index (κ1) is 31.6. The number of hydrogen-bond acceptors (Lipinski definition) is 8. The first-order valence-corrected chi connectivity index (χ1v) is 14.4. The van der Waals surface area contributed by atoms with Crippen molar-refractivity contribution in [3.63, 3.8) is 0 Å². The summed E-state index contributed by atoms with van der Waals surface area (Å²) in [4.78, 5) is 37.1. The molecule has 226 valence electrons. The molecule has 0 heterocycles. The van der Waals surface area contributed by atoms with Crippen molar-refractivity contribution in [1.29, 1.82) is 0 Å². The molecule has 0 bridgehead atoms. The highest BCUT2D eigenvalue weighted by Crippen LogP contribution is 2.29. The van der Waals surface area contributed by atoms with Gasteiger partial charge in [-0.1, -0.05) is 54.6 Å². The van der Waals surface area contributed by atoms with E-state index in [0.29, 0.717) is 42.0 Å². The van der Waals surface area contributed by atoms with E-state index in [1.807, 2.05) is 36.4 Å². The number of aliphatic hydroxyl groups excluding tert-OH is 2. The molecular formula is C34H37NO8. The second-order valence-corrected chi connectivity index (χ2v) is 10.3. The summed E-state index contributed by atoms with van der Waals surface area (Å²) < 4.78 is 16.7. The highest BCUT2D eigenvalue weighted by Gasteiger charge is 2.41. The SMILES string of the molecule is O=C(CCCC=CC[C@H]1C(=O)C[C@@H](O)[C@@H]1OCC(O)COc1ccccc1)Oc1cccc(NC(=O)c2ccccc2)c1. The van der Waals surface area contributed by atoms with Crippen molar-refractivity contribution >= 4 is 23.3 Å². The zero-order valence-corrected chi connectivity index (χ0v) is 23.8. The summed E-state index contributed by atoms with van der Waals surface area (Å²) in [5.74, 6) is -0.262. The number of hydrogen-bond donors (Lipinski definition) is 3. The number of ketones is 1. The summed E-state index contributed by atoms with van der Waals surface area (Å²) in [5.41, 5.74) is 1.05. The van der Waals surface area contributed by atoms with E-state index < -0.39 is 30.2 Å². The van der Waals surface area contributed by atoms with Crippen molar-refractivity contribution in [2.75, 3.05) is 18.5 Å². The Kier molecular flexibility index (Phi) is 12.0. The van der Waals surface area contributed by atoms with Crippen LogP contribution in [0.4, 0.5) is 5.69 Å². The van der Waals surface area contributed by atoms with E-state index in [0.717, 1.165) is 0 Å². The van der Waals surface area contributed by atoms with Crippen molar-refractivity contribution in [3.8, 4) is 11.5 Å². The Labute approximate surface area is 251 Å². The molecule has 3 N–H and O–H groups in total. The van der Waals surface area contributed by atoms with Crippen molar-refractivity contribution < 1.29 is 38.8 Å². The third kappa shape index (κ3) is 10.2. The Morgan fingerprint density at radius 1 is 0.930 bits per heavy atom. The minimum absolute atomic E-state index is 0.0166. The van der Waals surface area contributed by atoms with Gasteiger partial charge >= 0.3 is 5.97 Å². The number of carbonyl (C=O) groups excluding carboxylic acids is 3. The van der Waals surface area contributed by atoms with Gasteiger partial charge < -0.3 is 29.7 Å². The average molecular weight is 588 g/mol. The molecule has 0 saturated heterocycles. The van der Waals surface area contributed by atoms with Crippen molar-refractivity contribution in [1.82, 2.24) is 0 Å². The zero-order valence-electron chi connectivity index (χ0n) is 23.8. The van der Waals surface area contributed by atoms with Gasteiger partial charge in [-0.05, 0) is 55.7 Å². The van der Waals surface area contributed by atoms with E-state index in [1.54, 1.807) is 60.7 Å². The van der Waals surface area contributed by atoms with E-state index in [2.05, 4.69) is 5.32 Å². The van der Waals surface area contributed by atoms with Crippen LogP contribution in [0.5, 0.6) is 11.5 Å². The molecule has 9 heteroatoms. The number of anilines is 1. The van der Waals surface area contributed by atoms with Crippen LogP contribution in [0.1, 0.15) is 42.5 Å². The summed E-state index contributed by atoms with van der Waals surface area (Å²) in [5, 5.41) is 23.3. The van der Waals surface area contributed by atoms with Crippen molar-refractivity contribution in [3.05, 3.63) is 103 Å². The summed E-state index contributed by atoms with van der Waals surface area (Å²) in [6.07, 6.45) is 2.98. The Morgan fingerprint density at radius 3 is 2.42 bits per heavy atom. The van der Waals surface area contributed by atoms with E-state index in [1.165, 1.54) is 0 Å². The number of carbonyl (C=O) groups is 3. The highest BCUT2D eigenvalue weighted by atomic mass is 16.5. The van der Waals surface area contributed by atoms with Gasteiger partial charge in [0.25, 0.3) is 5.91 Å². The van der Waals surface area contributed by atoms with E-state index in [9.17, 15) is 24.6 Å². The van der Waals surface area contributed by atoms with Crippen LogP contribution in [-0.4, -0.2) is 59.4 Å². The fourth-order valence-electron chi connectivity index (χ4n) is 4.73. The van der Waals surface area contributed by atoms with Crippen LogP contribution in [0, 0.1) is 5.92 Å². The molecule has 1 saturated carbocycles. The second kappa shape index (κ2) is 16.4. The molecule has 0 radical (unpaired) electrons. The van der Waals surface area contributed by atoms with Crippen LogP contribution in [0.15, 0.2) is 97.1 Å². The molecule has 1 amide bonds.